The summed E-state index contributed by atoms with van der Waals surface area (Å²) in [6.07, 6.45) is 1.75. The van der Waals surface area contributed by atoms with Gasteiger partial charge in [-0.1, -0.05) is 0 Å². The summed E-state index contributed by atoms with van der Waals surface area (Å²) in [6, 6.07) is 5.42. The molecule has 0 amide bonds. The summed E-state index contributed by atoms with van der Waals surface area (Å²) in [6.45, 7) is 5.98. The van der Waals surface area contributed by atoms with Crippen molar-refractivity contribution < 1.29 is 9.13 Å². The molecule has 0 radical (unpaired) electrons. The Balaban J connectivity index is 2.04. The third kappa shape index (κ3) is 2.29. The van der Waals surface area contributed by atoms with Gasteiger partial charge < -0.3 is 15.0 Å². The number of hydrogen-bond donors (Lipinski definition) is 1. The Hall–Kier alpha value is -3.16. The normalized spacial score (nSPS) is 11.8. The van der Waals surface area contributed by atoms with Gasteiger partial charge in [0.2, 0.25) is 11.8 Å². The SMILES string of the molecule is COc1nc(N)nn2ccc(-c3cc(F)c4nc(C)n(C(C)C)c4c3)c12. The largest absolute Gasteiger partial charge is 0.479 e. The van der Waals surface area contributed by atoms with E-state index in [1.54, 1.807) is 10.7 Å². The number of nitrogens with zero attached hydrogens (tertiary/aromatic N) is 5. The van der Waals surface area contributed by atoms with Gasteiger partial charge in [0.05, 0.1) is 12.6 Å². The fourth-order valence-electron chi connectivity index (χ4n) is 3.46. The third-order valence-corrected chi connectivity index (χ3v) is 4.44. The average Bonchev–Trinajstić information content (AvgIpc) is 3.14. The molecule has 3 heterocycles. The van der Waals surface area contributed by atoms with Gasteiger partial charge in [0.1, 0.15) is 16.9 Å². The number of nitrogen functional groups attached to an aromatic ring is 1. The molecule has 0 aliphatic heterocycles. The molecule has 8 heteroatoms. The molecule has 4 rings (SSSR count). The molecule has 0 unspecified atom stereocenters. The number of nitrogens with two attached hydrogens (primary N) is 1. The number of benzene rings is 1. The Morgan fingerprint density at radius 3 is 2.69 bits per heavy atom. The van der Waals surface area contributed by atoms with Crippen molar-refractivity contribution >= 4 is 22.5 Å². The van der Waals surface area contributed by atoms with E-state index >= 15 is 0 Å². The molecule has 0 spiro atoms. The van der Waals surface area contributed by atoms with Crippen molar-refractivity contribution in [3.8, 4) is 17.0 Å². The predicted octanol–water partition coefficient (Wildman–Crippen LogP) is 3.37. The first kappa shape index (κ1) is 16.3. The first-order chi connectivity index (χ1) is 12.4. The molecular formula is C18H19FN6O. The quantitative estimate of drug-likeness (QED) is 0.610. The van der Waals surface area contributed by atoms with Gasteiger partial charge in [0, 0.05) is 17.8 Å². The Morgan fingerprint density at radius 2 is 2.00 bits per heavy atom. The molecule has 2 N–H and O–H groups in total. The minimum absolute atomic E-state index is 0.103. The molecule has 0 atom stereocenters. The van der Waals surface area contributed by atoms with Crippen LogP contribution in [0.2, 0.25) is 0 Å². The lowest BCUT2D eigenvalue weighted by Gasteiger charge is -2.12. The highest BCUT2D eigenvalue weighted by Crippen LogP contribution is 2.34. The second-order valence-electron chi connectivity index (χ2n) is 6.45. The van der Waals surface area contributed by atoms with Gasteiger partial charge in [0.25, 0.3) is 0 Å². The Kier molecular flexibility index (Phi) is 3.57. The molecule has 0 aliphatic rings. The van der Waals surface area contributed by atoms with E-state index in [-0.39, 0.29) is 17.8 Å². The third-order valence-electron chi connectivity index (χ3n) is 4.44. The summed E-state index contributed by atoms with van der Waals surface area (Å²) in [7, 11) is 1.51. The maximum Gasteiger partial charge on any atom is 0.243 e. The van der Waals surface area contributed by atoms with Gasteiger partial charge in [-0.2, -0.15) is 4.98 Å². The zero-order valence-corrected chi connectivity index (χ0v) is 15.0. The first-order valence-electron chi connectivity index (χ1n) is 8.28. The van der Waals surface area contributed by atoms with Gasteiger partial charge >= 0.3 is 0 Å². The highest BCUT2D eigenvalue weighted by molar-refractivity contribution is 5.90. The van der Waals surface area contributed by atoms with E-state index in [1.165, 1.54) is 13.2 Å². The number of methoxy groups -OCH3 is 1. The van der Waals surface area contributed by atoms with E-state index in [1.807, 2.05) is 37.5 Å². The fourth-order valence-corrected chi connectivity index (χ4v) is 3.46. The maximum atomic E-state index is 14.8. The number of halogens is 1. The molecule has 26 heavy (non-hydrogen) atoms. The van der Waals surface area contributed by atoms with E-state index in [0.717, 1.165) is 16.9 Å². The van der Waals surface area contributed by atoms with Gasteiger partial charge in [-0.25, -0.2) is 13.9 Å². The number of rotatable bonds is 3. The molecule has 134 valence electrons. The van der Waals surface area contributed by atoms with Crippen LogP contribution in [0.3, 0.4) is 0 Å². The number of anilines is 1. The van der Waals surface area contributed by atoms with Crippen molar-refractivity contribution in [1.29, 1.82) is 0 Å². The first-order valence-corrected chi connectivity index (χ1v) is 8.28. The van der Waals surface area contributed by atoms with Gasteiger partial charge in [-0.05, 0) is 44.5 Å². The van der Waals surface area contributed by atoms with Crippen molar-refractivity contribution in [2.24, 2.45) is 0 Å². The topological polar surface area (TPSA) is 83.3 Å². The molecule has 3 aromatic heterocycles. The summed E-state index contributed by atoms with van der Waals surface area (Å²) in [5, 5.41) is 4.16. The molecular weight excluding hydrogens is 335 g/mol. The Labute approximate surface area is 149 Å². The molecule has 7 nitrogen and oxygen atoms in total. The Morgan fingerprint density at radius 1 is 1.23 bits per heavy atom. The van der Waals surface area contributed by atoms with E-state index in [2.05, 4.69) is 15.1 Å². The summed E-state index contributed by atoms with van der Waals surface area (Å²) in [5.74, 6) is 0.856. The van der Waals surface area contributed by atoms with Crippen molar-refractivity contribution in [1.82, 2.24) is 24.1 Å². The maximum absolute atomic E-state index is 14.8. The molecule has 0 fully saturated rings. The van der Waals surface area contributed by atoms with Crippen LogP contribution in [0.25, 0.3) is 27.7 Å². The van der Waals surface area contributed by atoms with Crippen LogP contribution in [0.5, 0.6) is 5.88 Å². The molecule has 0 saturated heterocycles. The molecule has 0 aliphatic carbocycles. The zero-order valence-electron chi connectivity index (χ0n) is 15.0. The monoisotopic (exact) mass is 354 g/mol. The second kappa shape index (κ2) is 5.69. The smallest absolute Gasteiger partial charge is 0.243 e. The van der Waals surface area contributed by atoms with Crippen LogP contribution in [-0.2, 0) is 0 Å². The predicted molar refractivity (Wildman–Crippen MR) is 97.8 cm³/mol. The number of aryl methyl sites for hydroxylation is 1. The summed E-state index contributed by atoms with van der Waals surface area (Å²) in [5.41, 5.74) is 8.92. The van der Waals surface area contributed by atoms with Crippen LogP contribution in [-0.4, -0.2) is 31.3 Å². The van der Waals surface area contributed by atoms with Crippen LogP contribution in [0.1, 0.15) is 25.7 Å². The second-order valence-corrected chi connectivity index (χ2v) is 6.45. The van der Waals surface area contributed by atoms with E-state index in [9.17, 15) is 4.39 Å². The molecule has 1 aromatic carbocycles. The van der Waals surface area contributed by atoms with E-state index in [4.69, 9.17) is 10.5 Å². The van der Waals surface area contributed by atoms with Crippen LogP contribution in [0, 0.1) is 12.7 Å². The highest BCUT2D eigenvalue weighted by atomic mass is 19.1. The molecule has 4 aromatic rings. The average molecular weight is 354 g/mol. The van der Waals surface area contributed by atoms with E-state index in [0.29, 0.717) is 22.5 Å². The van der Waals surface area contributed by atoms with Crippen LogP contribution in [0.4, 0.5) is 10.3 Å². The fraction of sp³-hybridized carbons (Fsp3) is 0.278. The van der Waals surface area contributed by atoms with Crippen LogP contribution < -0.4 is 10.5 Å². The molecule has 0 bridgehead atoms. The van der Waals surface area contributed by atoms with Crippen molar-refractivity contribution in [2.75, 3.05) is 12.8 Å². The van der Waals surface area contributed by atoms with Crippen molar-refractivity contribution in [2.45, 2.75) is 26.8 Å². The highest BCUT2D eigenvalue weighted by Gasteiger charge is 2.19. The molecule has 0 saturated carbocycles. The minimum Gasteiger partial charge on any atom is -0.479 e. The van der Waals surface area contributed by atoms with Crippen molar-refractivity contribution in [3.05, 3.63) is 36.0 Å². The lowest BCUT2D eigenvalue weighted by molar-refractivity contribution is 0.400. The number of hydrogen-bond acceptors (Lipinski definition) is 5. The number of ether oxygens (including phenoxy) is 1. The van der Waals surface area contributed by atoms with Gasteiger partial charge in [-0.3, -0.25) is 0 Å². The number of aromatic nitrogens is 5. The number of fused-ring (bicyclic) bond motifs is 2. The summed E-state index contributed by atoms with van der Waals surface area (Å²) in [4.78, 5) is 8.51. The summed E-state index contributed by atoms with van der Waals surface area (Å²) < 4.78 is 23.7. The number of imidazole rings is 1. The summed E-state index contributed by atoms with van der Waals surface area (Å²) >= 11 is 0. The van der Waals surface area contributed by atoms with Crippen LogP contribution in [0.15, 0.2) is 24.4 Å². The van der Waals surface area contributed by atoms with E-state index < -0.39 is 0 Å². The lowest BCUT2D eigenvalue weighted by Crippen LogP contribution is -2.04. The Bertz CT molecular complexity index is 1140. The van der Waals surface area contributed by atoms with Gasteiger partial charge in [0.15, 0.2) is 5.82 Å². The van der Waals surface area contributed by atoms with Crippen molar-refractivity contribution in [3.63, 3.8) is 0 Å². The van der Waals surface area contributed by atoms with Gasteiger partial charge in [-0.15, -0.1) is 5.10 Å². The lowest BCUT2D eigenvalue weighted by atomic mass is 10.1. The van der Waals surface area contributed by atoms with Crippen LogP contribution >= 0.6 is 0 Å². The standard InChI is InChI=1S/C18H19FN6O/c1-9(2)25-10(3)21-15-13(19)7-11(8-14(15)25)12-5-6-24-16(12)17(26-4)22-18(20)23-24/h5-9H,1-4H3,(H2,20,23). The minimum atomic E-state index is -0.366. The zero-order chi connectivity index (χ0) is 18.6.